The number of carbonyl (C=O) groups excluding carboxylic acids is 2. The van der Waals surface area contributed by atoms with E-state index in [4.69, 9.17) is 4.74 Å². The summed E-state index contributed by atoms with van der Waals surface area (Å²) in [5, 5.41) is 19.8. The first-order valence-electron chi connectivity index (χ1n) is 13.0. The fraction of sp³-hybridized carbons (Fsp3) is 0.615. The molecule has 3 N–H and O–H groups in total. The van der Waals surface area contributed by atoms with E-state index in [1.807, 2.05) is 0 Å². The van der Waals surface area contributed by atoms with Gasteiger partial charge in [-0.25, -0.2) is 9.37 Å². The molecule has 2 aromatic heterocycles. The highest BCUT2D eigenvalue weighted by molar-refractivity contribution is 5.94. The summed E-state index contributed by atoms with van der Waals surface area (Å²) in [6, 6.07) is 2.42. The van der Waals surface area contributed by atoms with Crippen molar-refractivity contribution in [1.29, 1.82) is 0 Å². The number of H-pyrrole nitrogens is 1. The number of ether oxygens (including phenoxy) is 1. The molecule has 1 saturated heterocycles. The van der Waals surface area contributed by atoms with Crippen molar-refractivity contribution in [3.63, 3.8) is 0 Å². The van der Waals surface area contributed by atoms with Crippen LogP contribution in [0.3, 0.4) is 0 Å². The van der Waals surface area contributed by atoms with Crippen LogP contribution >= 0.6 is 0 Å². The second kappa shape index (κ2) is 9.76. The van der Waals surface area contributed by atoms with Gasteiger partial charge in [0, 0.05) is 35.7 Å². The van der Waals surface area contributed by atoms with Crippen LogP contribution in [-0.2, 0) is 4.79 Å². The Morgan fingerprint density at radius 2 is 1.97 bits per heavy atom. The molecule has 4 atom stereocenters. The van der Waals surface area contributed by atoms with E-state index in [9.17, 15) is 32.3 Å². The second-order valence-corrected chi connectivity index (χ2v) is 11.0. The van der Waals surface area contributed by atoms with Crippen LogP contribution in [-0.4, -0.2) is 74.0 Å². The van der Waals surface area contributed by atoms with Crippen LogP contribution in [0.5, 0.6) is 5.88 Å². The van der Waals surface area contributed by atoms with E-state index in [-0.39, 0.29) is 53.4 Å². The summed E-state index contributed by atoms with van der Waals surface area (Å²) in [6.45, 7) is 1.69. The van der Waals surface area contributed by atoms with Crippen molar-refractivity contribution in [3.8, 4) is 17.1 Å². The quantitative estimate of drug-likeness (QED) is 0.487. The fourth-order valence-electron chi connectivity index (χ4n) is 6.05. The summed E-state index contributed by atoms with van der Waals surface area (Å²) in [5.74, 6) is -2.33. The molecule has 212 valence electrons. The molecule has 2 amide bonds. The predicted octanol–water partition coefficient (Wildman–Crippen LogP) is 3.60. The zero-order valence-corrected chi connectivity index (χ0v) is 21.6. The lowest BCUT2D eigenvalue weighted by molar-refractivity contribution is -0.287. The van der Waals surface area contributed by atoms with E-state index in [1.54, 1.807) is 4.90 Å². The number of nitrogens with one attached hydrogen (secondary N) is 2. The van der Waals surface area contributed by atoms with Gasteiger partial charge >= 0.3 is 6.18 Å². The number of aliphatic hydroxyl groups is 1. The molecule has 39 heavy (non-hydrogen) atoms. The number of nitrogens with zero attached hydrogens (tertiary/aromatic N) is 3. The molecule has 3 heterocycles. The number of aromatic amines is 1. The summed E-state index contributed by atoms with van der Waals surface area (Å²) in [6.07, 6.45) is -1.74. The zero-order chi connectivity index (χ0) is 28.2. The van der Waals surface area contributed by atoms with Crippen LogP contribution < -0.4 is 10.1 Å². The molecule has 2 aromatic rings. The Balaban J connectivity index is 1.21. The Labute approximate surface area is 222 Å². The number of hydrogen-bond acceptors (Lipinski definition) is 6. The summed E-state index contributed by atoms with van der Waals surface area (Å²) >= 11 is 0. The molecule has 3 fully saturated rings. The molecule has 0 bridgehead atoms. The third-order valence-corrected chi connectivity index (χ3v) is 8.63. The number of halogens is 4. The lowest BCUT2D eigenvalue weighted by Crippen LogP contribution is -2.57. The van der Waals surface area contributed by atoms with Gasteiger partial charge in [0.1, 0.15) is 5.69 Å². The molecule has 1 aliphatic heterocycles. The minimum Gasteiger partial charge on any atom is -0.481 e. The van der Waals surface area contributed by atoms with E-state index >= 15 is 0 Å². The summed E-state index contributed by atoms with van der Waals surface area (Å²) in [5.41, 5.74) is -2.64. The summed E-state index contributed by atoms with van der Waals surface area (Å²) in [7, 11) is 1.41. The Bertz CT molecular complexity index is 1260. The molecule has 13 heteroatoms. The van der Waals surface area contributed by atoms with Crippen molar-refractivity contribution in [2.45, 2.75) is 75.2 Å². The third kappa shape index (κ3) is 4.96. The molecule has 3 aliphatic rings. The van der Waals surface area contributed by atoms with Gasteiger partial charge in [0.15, 0.2) is 11.4 Å². The Hall–Kier alpha value is -3.22. The van der Waals surface area contributed by atoms with E-state index in [0.29, 0.717) is 19.4 Å². The number of hydrogen-bond donors (Lipinski definition) is 3. The van der Waals surface area contributed by atoms with E-state index in [0.717, 1.165) is 19.0 Å². The van der Waals surface area contributed by atoms with Gasteiger partial charge < -0.3 is 20.1 Å². The Morgan fingerprint density at radius 3 is 2.62 bits per heavy atom. The second-order valence-electron chi connectivity index (χ2n) is 11.0. The molecular formula is C26H31F4N5O4. The lowest BCUT2D eigenvalue weighted by atomic mass is 9.73. The molecule has 0 aromatic carbocycles. The lowest BCUT2D eigenvalue weighted by Gasteiger charge is -2.43. The maximum atomic E-state index is 14.3. The number of likely N-dealkylation sites (tertiary alicyclic amines) is 1. The van der Waals surface area contributed by atoms with Gasteiger partial charge in [0.05, 0.1) is 19.0 Å². The first-order valence-corrected chi connectivity index (χ1v) is 13.0. The maximum Gasteiger partial charge on any atom is 0.417 e. The number of rotatable bonds is 5. The zero-order valence-electron chi connectivity index (χ0n) is 21.6. The van der Waals surface area contributed by atoms with Gasteiger partial charge in [-0.1, -0.05) is 6.92 Å². The summed E-state index contributed by atoms with van der Waals surface area (Å²) in [4.78, 5) is 32.0. The molecule has 1 spiro atoms. The van der Waals surface area contributed by atoms with Crippen LogP contribution in [0, 0.1) is 17.7 Å². The van der Waals surface area contributed by atoms with Crippen molar-refractivity contribution in [1.82, 2.24) is 25.4 Å². The SMILES string of the molecule is COc1cc(-c2cc(C(=O)N3CC[C@H](C(=O)N[C@@H]4CC[C@](O)(C(F)(F)F)[C@@H](C)C4)CC34CC4)[nH]n2)c(F)cn1. The van der Waals surface area contributed by atoms with Gasteiger partial charge in [-0.2, -0.15) is 18.3 Å². The molecule has 2 aliphatic carbocycles. The van der Waals surface area contributed by atoms with E-state index < -0.39 is 41.5 Å². The molecule has 5 rings (SSSR count). The van der Waals surface area contributed by atoms with Gasteiger partial charge in [-0.05, 0) is 56.9 Å². The highest BCUT2D eigenvalue weighted by Gasteiger charge is 2.59. The summed E-state index contributed by atoms with van der Waals surface area (Å²) < 4.78 is 59.3. The average molecular weight is 554 g/mol. The highest BCUT2D eigenvalue weighted by atomic mass is 19.4. The van der Waals surface area contributed by atoms with Gasteiger partial charge in [0.2, 0.25) is 11.8 Å². The van der Waals surface area contributed by atoms with Crippen LogP contribution in [0.4, 0.5) is 17.6 Å². The Morgan fingerprint density at radius 1 is 1.23 bits per heavy atom. The molecule has 0 unspecified atom stereocenters. The molecular weight excluding hydrogens is 522 g/mol. The number of carbonyl (C=O) groups is 2. The number of piperidine rings is 1. The topological polar surface area (TPSA) is 120 Å². The number of pyridine rings is 1. The number of aromatic nitrogens is 3. The monoisotopic (exact) mass is 553 g/mol. The van der Waals surface area contributed by atoms with Crippen molar-refractivity contribution >= 4 is 11.8 Å². The van der Waals surface area contributed by atoms with Gasteiger partial charge in [-0.3, -0.25) is 14.7 Å². The van der Waals surface area contributed by atoms with Crippen molar-refractivity contribution in [2.24, 2.45) is 11.8 Å². The van der Waals surface area contributed by atoms with Crippen LogP contribution in [0.2, 0.25) is 0 Å². The first kappa shape index (κ1) is 27.4. The molecule has 2 saturated carbocycles. The van der Waals surface area contributed by atoms with Crippen molar-refractivity contribution in [3.05, 3.63) is 29.8 Å². The third-order valence-electron chi connectivity index (χ3n) is 8.63. The van der Waals surface area contributed by atoms with Crippen LogP contribution in [0.15, 0.2) is 18.3 Å². The largest absolute Gasteiger partial charge is 0.481 e. The number of methoxy groups -OCH3 is 1. The number of amides is 2. The smallest absolute Gasteiger partial charge is 0.417 e. The average Bonchev–Trinajstić information content (AvgIpc) is 3.46. The Kier molecular flexibility index (Phi) is 6.84. The first-order chi connectivity index (χ1) is 18.4. The van der Waals surface area contributed by atoms with Crippen LogP contribution in [0.25, 0.3) is 11.3 Å². The van der Waals surface area contributed by atoms with Crippen LogP contribution in [0.1, 0.15) is 62.4 Å². The number of alkyl halides is 3. The normalized spacial score (nSPS) is 28.3. The molecule has 9 nitrogen and oxygen atoms in total. The predicted molar refractivity (Wildman–Crippen MR) is 130 cm³/mol. The van der Waals surface area contributed by atoms with Crippen molar-refractivity contribution < 1.29 is 37.0 Å². The van der Waals surface area contributed by atoms with E-state index in [1.165, 1.54) is 26.2 Å². The van der Waals surface area contributed by atoms with Gasteiger partial charge in [-0.15, -0.1) is 0 Å². The minimum absolute atomic E-state index is 0.0380. The highest BCUT2D eigenvalue weighted by Crippen LogP contribution is 2.51. The maximum absolute atomic E-state index is 14.3. The standard InChI is InChI=1S/C26H31F4N5O4/c1-14-9-16(3-5-25(14,38)26(28,29)30)32-22(36)15-4-8-35(24(12-15)6-7-24)23(37)20-11-19(33-34-20)17-10-21(39-2)31-13-18(17)27/h10-11,13-16,38H,3-9,12H2,1-2H3,(H,32,36)(H,33,34)/t14-,15-,16+,25+/m0/s1. The van der Waals surface area contributed by atoms with Crippen molar-refractivity contribution in [2.75, 3.05) is 13.7 Å². The minimum atomic E-state index is -4.71. The fourth-order valence-corrected chi connectivity index (χ4v) is 6.05. The van der Waals surface area contributed by atoms with Gasteiger partial charge in [0.25, 0.3) is 5.91 Å². The molecule has 0 radical (unpaired) electrons. The van der Waals surface area contributed by atoms with E-state index in [2.05, 4.69) is 20.5 Å².